The molecule has 4 nitrogen and oxygen atoms in total. The highest BCUT2D eigenvalue weighted by molar-refractivity contribution is 5.96. The second-order valence-electron chi connectivity index (χ2n) is 5.23. The van der Waals surface area contributed by atoms with Gasteiger partial charge in [0.2, 0.25) is 5.91 Å². The molecular weight excluding hydrogens is 276 g/mol. The number of rotatable bonds is 3. The lowest BCUT2D eigenvalue weighted by atomic mass is 10.0. The predicted octanol–water partition coefficient (Wildman–Crippen LogP) is 2.18. The first-order valence-corrected chi connectivity index (χ1v) is 6.78. The van der Waals surface area contributed by atoms with Gasteiger partial charge < -0.3 is 15.0 Å². The third-order valence-corrected chi connectivity index (χ3v) is 3.50. The molecule has 1 fully saturated rings. The van der Waals surface area contributed by atoms with Crippen LogP contribution >= 0.6 is 12.4 Å². The molecule has 1 aromatic rings. The van der Waals surface area contributed by atoms with E-state index in [4.69, 9.17) is 4.74 Å². The molecule has 0 spiro atoms. The van der Waals surface area contributed by atoms with E-state index in [1.807, 2.05) is 19.2 Å². The maximum absolute atomic E-state index is 12.3. The van der Waals surface area contributed by atoms with Crippen LogP contribution in [0.4, 0.5) is 5.69 Å². The van der Waals surface area contributed by atoms with Crippen molar-refractivity contribution in [1.29, 1.82) is 0 Å². The predicted molar refractivity (Wildman–Crippen MR) is 83.8 cm³/mol. The number of halogens is 1. The van der Waals surface area contributed by atoms with Gasteiger partial charge in [-0.3, -0.25) is 4.79 Å². The van der Waals surface area contributed by atoms with Crippen LogP contribution in [-0.4, -0.2) is 38.8 Å². The fraction of sp³-hybridized carbons (Fsp3) is 0.533. The summed E-state index contributed by atoms with van der Waals surface area (Å²) in [4.78, 5) is 14.0. The summed E-state index contributed by atoms with van der Waals surface area (Å²) >= 11 is 0. The number of hydrogen-bond donors (Lipinski definition) is 1. The second-order valence-corrected chi connectivity index (χ2v) is 5.23. The first-order valence-electron chi connectivity index (χ1n) is 6.78. The number of likely N-dealkylation sites (N-methyl/N-ethyl adjacent to an activating group) is 1. The van der Waals surface area contributed by atoms with Gasteiger partial charge in [0.1, 0.15) is 6.04 Å². The average molecular weight is 299 g/mol. The summed E-state index contributed by atoms with van der Waals surface area (Å²) in [6.45, 7) is 6.18. The van der Waals surface area contributed by atoms with Crippen LogP contribution in [-0.2, 0) is 9.53 Å². The van der Waals surface area contributed by atoms with Gasteiger partial charge in [-0.1, -0.05) is 26.0 Å². The lowest BCUT2D eigenvalue weighted by molar-refractivity contribution is -0.123. The molecule has 1 saturated heterocycles. The average Bonchev–Trinajstić information content (AvgIpc) is 2.46. The number of morpholine rings is 1. The summed E-state index contributed by atoms with van der Waals surface area (Å²) in [5.74, 6) is 0.556. The smallest absolute Gasteiger partial charge is 0.246 e. The Bertz CT molecular complexity index is 428. The number of ether oxygens (including phenoxy) is 1. The molecule has 20 heavy (non-hydrogen) atoms. The Morgan fingerprint density at radius 1 is 1.35 bits per heavy atom. The van der Waals surface area contributed by atoms with Gasteiger partial charge in [-0.2, -0.15) is 0 Å². The van der Waals surface area contributed by atoms with Gasteiger partial charge >= 0.3 is 0 Å². The van der Waals surface area contributed by atoms with Gasteiger partial charge in [-0.25, -0.2) is 0 Å². The van der Waals surface area contributed by atoms with Crippen LogP contribution in [0.3, 0.4) is 0 Å². The summed E-state index contributed by atoms with van der Waals surface area (Å²) < 4.78 is 5.33. The molecular formula is C15H23ClN2O2. The van der Waals surface area contributed by atoms with E-state index < -0.39 is 0 Å². The van der Waals surface area contributed by atoms with Crippen molar-refractivity contribution < 1.29 is 9.53 Å². The molecule has 1 unspecified atom stereocenters. The number of anilines is 1. The highest BCUT2D eigenvalue weighted by atomic mass is 35.5. The zero-order valence-electron chi connectivity index (χ0n) is 12.3. The van der Waals surface area contributed by atoms with E-state index in [1.54, 1.807) is 4.90 Å². The summed E-state index contributed by atoms with van der Waals surface area (Å²) in [5.41, 5.74) is 2.20. The fourth-order valence-corrected chi connectivity index (χ4v) is 2.17. The Morgan fingerprint density at radius 3 is 2.50 bits per heavy atom. The van der Waals surface area contributed by atoms with Gasteiger partial charge in [0.15, 0.2) is 0 Å². The van der Waals surface area contributed by atoms with Crippen molar-refractivity contribution >= 4 is 24.0 Å². The lowest BCUT2D eigenvalue weighted by Crippen LogP contribution is -2.51. The van der Waals surface area contributed by atoms with Gasteiger partial charge in [0.25, 0.3) is 0 Å². The Kier molecular flexibility index (Phi) is 6.46. The molecule has 1 aromatic carbocycles. The van der Waals surface area contributed by atoms with E-state index in [0.29, 0.717) is 19.1 Å². The van der Waals surface area contributed by atoms with Crippen LogP contribution in [0.15, 0.2) is 24.3 Å². The maximum Gasteiger partial charge on any atom is 0.246 e. The second kappa shape index (κ2) is 7.62. The van der Waals surface area contributed by atoms with Crippen molar-refractivity contribution in [2.75, 3.05) is 31.7 Å². The van der Waals surface area contributed by atoms with Crippen LogP contribution in [0, 0.1) is 0 Å². The molecule has 0 aromatic heterocycles. The molecule has 1 amide bonds. The SMILES string of the molecule is CC(C)c1ccc(N(C)C(=O)C2COCCN2)cc1.Cl. The van der Waals surface area contributed by atoms with Crippen LogP contribution in [0.25, 0.3) is 0 Å². The first kappa shape index (κ1) is 17.0. The number of carbonyl (C=O) groups is 1. The minimum Gasteiger partial charge on any atom is -0.378 e. The molecule has 2 rings (SSSR count). The largest absolute Gasteiger partial charge is 0.378 e. The minimum atomic E-state index is -0.233. The Labute approximate surface area is 126 Å². The Hall–Kier alpha value is -1.10. The van der Waals surface area contributed by atoms with Crippen molar-refractivity contribution in [3.8, 4) is 0 Å². The first-order chi connectivity index (χ1) is 9.09. The van der Waals surface area contributed by atoms with Crippen molar-refractivity contribution in [2.45, 2.75) is 25.8 Å². The van der Waals surface area contributed by atoms with Gasteiger partial charge in [-0.05, 0) is 23.6 Å². The van der Waals surface area contributed by atoms with E-state index in [0.717, 1.165) is 12.2 Å². The van der Waals surface area contributed by atoms with Crippen LogP contribution in [0.5, 0.6) is 0 Å². The molecule has 0 aliphatic carbocycles. The van der Waals surface area contributed by atoms with Crippen LogP contribution in [0.2, 0.25) is 0 Å². The number of nitrogens with zero attached hydrogens (tertiary/aromatic N) is 1. The van der Waals surface area contributed by atoms with Crippen molar-refractivity contribution in [2.24, 2.45) is 0 Å². The summed E-state index contributed by atoms with van der Waals surface area (Å²) in [6, 6.07) is 7.92. The van der Waals surface area contributed by atoms with Gasteiger partial charge in [0, 0.05) is 19.3 Å². The Morgan fingerprint density at radius 2 is 2.00 bits per heavy atom. The summed E-state index contributed by atoms with van der Waals surface area (Å²) in [6.07, 6.45) is 0. The van der Waals surface area contributed by atoms with Crippen molar-refractivity contribution in [3.05, 3.63) is 29.8 Å². The third-order valence-electron chi connectivity index (χ3n) is 3.50. The molecule has 0 saturated carbocycles. The van der Waals surface area contributed by atoms with Crippen LogP contribution in [0.1, 0.15) is 25.3 Å². The Balaban J connectivity index is 0.00000200. The maximum atomic E-state index is 12.3. The number of benzene rings is 1. The number of nitrogens with one attached hydrogen (secondary N) is 1. The summed E-state index contributed by atoms with van der Waals surface area (Å²) in [5, 5.41) is 3.18. The molecule has 0 radical (unpaired) electrons. The fourth-order valence-electron chi connectivity index (χ4n) is 2.17. The molecule has 1 aliphatic rings. The zero-order valence-corrected chi connectivity index (χ0v) is 13.1. The van der Waals surface area contributed by atoms with Crippen LogP contribution < -0.4 is 10.2 Å². The standard InChI is InChI=1S/C15H22N2O2.ClH/c1-11(2)12-4-6-13(7-5-12)17(3)15(18)14-10-19-9-8-16-14;/h4-7,11,14,16H,8-10H2,1-3H3;1H. The van der Waals surface area contributed by atoms with Crippen molar-refractivity contribution in [3.63, 3.8) is 0 Å². The molecule has 1 aliphatic heterocycles. The molecule has 1 atom stereocenters. The van der Waals surface area contributed by atoms with E-state index in [2.05, 4.69) is 31.3 Å². The molecule has 0 bridgehead atoms. The number of carbonyl (C=O) groups excluding carboxylic acids is 1. The topological polar surface area (TPSA) is 41.6 Å². The minimum absolute atomic E-state index is 0. The molecule has 112 valence electrons. The monoisotopic (exact) mass is 298 g/mol. The van der Waals surface area contributed by atoms with Gasteiger partial charge in [-0.15, -0.1) is 12.4 Å². The third kappa shape index (κ3) is 3.95. The molecule has 5 heteroatoms. The number of amides is 1. The number of hydrogen-bond acceptors (Lipinski definition) is 3. The zero-order chi connectivity index (χ0) is 13.8. The van der Waals surface area contributed by atoms with E-state index in [9.17, 15) is 4.79 Å². The molecule has 1 N–H and O–H groups in total. The lowest BCUT2D eigenvalue weighted by Gasteiger charge is -2.27. The van der Waals surface area contributed by atoms with Gasteiger partial charge in [0.05, 0.1) is 13.2 Å². The van der Waals surface area contributed by atoms with E-state index in [1.165, 1.54) is 5.56 Å². The van der Waals surface area contributed by atoms with Crippen molar-refractivity contribution in [1.82, 2.24) is 5.32 Å². The quantitative estimate of drug-likeness (QED) is 0.930. The molecule has 1 heterocycles. The van der Waals surface area contributed by atoms with E-state index >= 15 is 0 Å². The highest BCUT2D eigenvalue weighted by Gasteiger charge is 2.24. The summed E-state index contributed by atoms with van der Waals surface area (Å²) in [7, 11) is 1.81. The van der Waals surface area contributed by atoms with E-state index in [-0.39, 0.29) is 24.4 Å². The normalized spacial score (nSPS) is 18.5. The highest BCUT2D eigenvalue weighted by Crippen LogP contribution is 2.20.